The summed E-state index contributed by atoms with van der Waals surface area (Å²) in [5.74, 6) is 5.31. The fourth-order valence-corrected chi connectivity index (χ4v) is 1.31. The molecule has 1 aromatic rings. The van der Waals surface area contributed by atoms with E-state index in [9.17, 15) is 0 Å². The van der Waals surface area contributed by atoms with Crippen LogP contribution in [0.1, 0.15) is 11.6 Å². The number of hydrogen-bond acceptors (Lipinski definition) is 2. The lowest BCUT2D eigenvalue weighted by atomic mass is 10.1. The molecule has 0 radical (unpaired) electrons. The van der Waals surface area contributed by atoms with E-state index in [-0.39, 0.29) is 6.04 Å². The maximum absolute atomic E-state index is 5.84. The fourth-order valence-electron chi connectivity index (χ4n) is 1.01. The lowest BCUT2D eigenvalue weighted by molar-refractivity contribution is 0.657. The van der Waals surface area contributed by atoms with Gasteiger partial charge in [-0.15, -0.1) is 6.58 Å². The minimum atomic E-state index is -0.102. The van der Waals surface area contributed by atoms with Gasteiger partial charge < -0.3 is 0 Å². The van der Waals surface area contributed by atoms with Crippen LogP contribution in [0, 0.1) is 0 Å². The maximum atomic E-state index is 5.84. The van der Waals surface area contributed by atoms with Gasteiger partial charge >= 0.3 is 0 Å². The minimum Gasteiger partial charge on any atom is -0.271 e. The average molecular weight is 217 g/mol. The van der Waals surface area contributed by atoms with Crippen molar-refractivity contribution in [3.05, 3.63) is 46.5 Å². The second-order valence-electron chi connectivity index (χ2n) is 2.55. The largest absolute Gasteiger partial charge is 0.271 e. The Morgan fingerprint density at radius 1 is 1.38 bits per heavy atom. The minimum absolute atomic E-state index is 0.102. The zero-order valence-corrected chi connectivity index (χ0v) is 8.44. The summed E-state index contributed by atoms with van der Waals surface area (Å²) in [5, 5.41) is 1.05. The molecule has 1 aromatic carbocycles. The highest BCUT2D eigenvalue weighted by molar-refractivity contribution is 6.42. The van der Waals surface area contributed by atoms with Crippen molar-refractivity contribution in [3.8, 4) is 0 Å². The predicted molar refractivity (Wildman–Crippen MR) is 56.7 cm³/mol. The first-order chi connectivity index (χ1) is 6.19. The number of nitrogens with two attached hydrogens (primary N) is 1. The number of benzene rings is 1. The molecule has 0 heterocycles. The van der Waals surface area contributed by atoms with Gasteiger partial charge in [-0.05, 0) is 17.7 Å². The number of nitrogens with one attached hydrogen (secondary N) is 1. The summed E-state index contributed by atoms with van der Waals surface area (Å²) in [6, 6.07) is 5.23. The first-order valence-corrected chi connectivity index (χ1v) is 4.48. The van der Waals surface area contributed by atoms with Gasteiger partial charge in [0.25, 0.3) is 0 Å². The molecule has 0 aromatic heterocycles. The van der Waals surface area contributed by atoms with Crippen molar-refractivity contribution in [1.82, 2.24) is 5.43 Å². The van der Waals surface area contributed by atoms with Crippen LogP contribution in [0.15, 0.2) is 30.9 Å². The Labute approximate surface area is 87.3 Å². The summed E-state index contributed by atoms with van der Waals surface area (Å²) < 4.78 is 0. The normalized spacial score (nSPS) is 12.5. The summed E-state index contributed by atoms with van der Waals surface area (Å²) in [6.45, 7) is 3.64. The van der Waals surface area contributed by atoms with Crippen molar-refractivity contribution < 1.29 is 0 Å². The van der Waals surface area contributed by atoms with Crippen LogP contribution >= 0.6 is 23.2 Å². The van der Waals surface area contributed by atoms with Crippen LogP contribution in [-0.2, 0) is 0 Å². The Balaban J connectivity index is 3.01. The third-order valence-corrected chi connectivity index (χ3v) is 2.46. The van der Waals surface area contributed by atoms with Gasteiger partial charge in [-0.2, -0.15) is 0 Å². The van der Waals surface area contributed by atoms with Crippen molar-refractivity contribution in [2.24, 2.45) is 5.84 Å². The van der Waals surface area contributed by atoms with E-state index in [1.807, 2.05) is 6.07 Å². The lowest BCUT2D eigenvalue weighted by Gasteiger charge is -2.11. The van der Waals surface area contributed by atoms with Crippen LogP contribution in [0.25, 0.3) is 0 Å². The zero-order valence-electron chi connectivity index (χ0n) is 6.93. The Hall–Kier alpha value is -0.540. The Morgan fingerprint density at radius 3 is 2.54 bits per heavy atom. The smallest absolute Gasteiger partial charge is 0.0638 e. The molecule has 1 unspecified atom stereocenters. The second-order valence-corrected chi connectivity index (χ2v) is 3.37. The number of halogens is 2. The van der Waals surface area contributed by atoms with Crippen LogP contribution in [0.3, 0.4) is 0 Å². The van der Waals surface area contributed by atoms with Gasteiger partial charge in [0.2, 0.25) is 0 Å². The summed E-state index contributed by atoms with van der Waals surface area (Å²) >= 11 is 11.6. The van der Waals surface area contributed by atoms with E-state index in [0.29, 0.717) is 10.0 Å². The van der Waals surface area contributed by atoms with Crippen LogP contribution in [0.4, 0.5) is 0 Å². The predicted octanol–water partition coefficient (Wildman–Crippen LogP) is 2.68. The molecule has 0 amide bonds. The molecule has 0 aliphatic rings. The maximum Gasteiger partial charge on any atom is 0.0638 e. The van der Waals surface area contributed by atoms with Gasteiger partial charge in [-0.25, -0.2) is 5.43 Å². The number of rotatable bonds is 3. The molecular formula is C9H10Cl2N2. The third kappa shape index (κ3) is 2.45. The van der Waals surface area contributed by atoms with E-state index in [0.717, 1.165) is 5.56 Å². The van der Waals surface area contributed by atoms with E-state index >= 15 is 0 Å². The third-order valence-electron chi connectivity index (χ3n) is 1.72. The van der Waals surface area contributed by atoms with Gasteiger partial charge in [0, 0.05) is 0 Å². The van der Waals surface area contributed by atoms with Gasteiger partial charge in [-0.1, -0.05) is 35.3 Å². The Bertz CT molecular complexity index is 312. The highest BCUT2D eigenvalue weighted by Crippen LogP contribution is 2.25. The van der Waals surface area contributed by atoms with Gasteiger partial charge in [0.1, 0.15) is 0 Å². The molecule has 1 atom stereocenters. The van der Waals surface area contributed by atoms with Crippen LogP contribution in [-0.4, -0.2) is 0 Å². The molecule has 13 heavy (non-hydrogen) atoms. The molecule has 70 valence electrons. The standard InChI is InChI=1S/C9H10Cl2N2/c1-2-9(13-12)6-3-4-7(10)8(11)5-6/h2-5,9,13H,1,12H2. The molecule has 0 spiro atoms. The molecular weight excluding hydrogens is 207 g/mol. The first-order valence-electron chi connectivity index (χ1n) is 3.72. The van der Waals surface area contributed by atoms with Crippen molar-refractivity contribution in [1.29, 1.82) is 0 Å². The van der Waals surface area contributed by atoms with Crippen LogP contribution in [0.5, 0.6) is 0 Å². The molecule has 0 bridgehead atoms. The fraction of sp³-hybridized carbons (Fsp3) is 0.111. The monoisotopic (exact) mass is 216 g/mol. The van der Waals surface area contributed by atoms with E-state index in [4.69, 9.17) is 29.0 Å². The lowest BCUT2D eigenvalue weighted by Crippen LogP contribution is -2.26. The quantitative estimate of drug-likeness (QED) is 0.464. The molecule has 1 rings (SSSR count). The second kappa shape index (κ2) is 4.63. The van der Waals surface area contributed by atoms with Crippen molar-refractivity contribution >= 4 is 23.2 Å². The van der Waals surface area contributed by atoms with Gasteiger partial charge in [0.15, 0.2) is 0 Å². The molecule has 0 aliphatic carbocycles. The zero-order chi connectivity index (χ0) is 9.84. The number of hydrogen-bond donors (Lipinski definition) is 2. The van der Waals surface area contributed by atoms with Crippen LogP contribution < -0.4 is 11.3 Å². The highest BCUT2D eigenvalue weighted by Gasteiger charge is 2.06. The SMILES string of the molecule is C=CC(NN)c1ccc(Cl)c(Cl)c1. The Kier molecular flexibility index (Phi) is 3.75. The van der Waals surface area contributed by atoms with Crippen molar-refractivity contribution in [3.63, 3.8) is 0 Å². The molecule has 3 N–H and O–H groups in total. The van der Waals surface area contributed by atoms with E-state index < -0.39 is 0 Å². The van der Waals surface area contributed by atoms with E-state index in [2.05, 4.69) is 12.0 Å². The van der Waals surface area contributed by atoms with Crippen molar-refractivity contribution in [2.45, 2.75) is 6.04 Å². The summed E-state index contributed by atoms with van der Waals surface area (Å²) in [6.07, 6.45) is 1.69. The molecule has 4 heteroatoms. The molecule has 0 fully saturated rings. The van der Waals surface area contributed by atoms with Gasteiger partial charge in [0.05, 0.1) is 16.1 Å². The first kappa shape index (κ1) is 10.5. The Morgan fingerprint density at radius 2 is 2.08 bits per heavy atom. The molecule has 0 saturated heterocycles. The molecule has 0 saturated carbocycles. The summed E-state index contributed by atoms with van der Waals surface area (Å²) in [5.41, 5.74) is 3.53. The number of hydrazine groups is 1. The summed E-state index contributed by atoms with van der Waals surface area (Å²) in [7, 11) is 0. The van der Waals surface area contributed by atoms with E-state index in [1.165, 1.54) is 0 Å². The van der Waals surface area contributed by atoms with Gasteiger partial charge in [-0.3, -0.25) is 5.84 Å². The highest BCUT2D eigenvalue weighted by atomic mass is 35.5. The van der Waals surface area contributed by atoms with E-state index in [1.54, 1.807) is 18.2 Å². The summed E-state index contributed by atoms with van der Waals surface area (Å²) in [4.78, 5) is 0. The van der Waals surface area contributed by atoms with Crippen LogP contribution in [0.2, 0.25) is 10.0 Å². The molecule has 0 aliphatic heterocycles. The van der Waals surface area contributed by atoms with Crippen molar-refractivity contribution in [2.75, 3.05) is 0 Å². The topological polar surface area (TPSA) is 38.0 Å². The average Bonchev–Trinajstić information content (AvgIpc) is 2.13. The molecule has 2 nitrogen and oxygen atoms in total.